The summed E-state index contributed by atoms with van der Waals surface area (Å²) in [6.45, 7) is 3.06. The molecule has 1 aliphatic rings. The van der Waals surface area contributed by atoms with Crippen LogP contribution in [0.2, 0.25) is 0 Å². The standard InChI is InChI=1S/C15H21NO2S/c1-2-8-15(18)11-16(12-15)14(17)10-19-9-13-6-4-3-5-7-13/h3-7,18H,2,8-12H2,1H3. The fraction of sp³-hybridized carbons (Fsp3) is 0.533. The number of carbonyl (C=O) groups excluding carboxylic acids is 1. The third-order valence-electron chi connectivity index (χ3n) is 3.38. The zero-order valence-corrected chi connectivity index (χ0v) is 12.2. The molecule has 3 nitrogen and oxygen atoms in total. The molecule has 0 atom stereocenters. The van der Waals surface area contributed by atoms with Crippen molar-refractivity contribution in [2.24, 2.45) is 0 Å². The number of aliphatic hydroxyl groups is 1. The molecule has 0 spiro atoms. The number of rotatable bonds is 6. The summed E-state index contributed by atoms with van der Waals surface area (Å²) in [6, 6.07) is 10.2. The lowest BCUT2D eigenvalue weighted by atomic mass is 9.89. The van der Waals surface area contributed by atoms with Crippen LogP contribution in [0.3, 0.4) is 0 Å². The molecule has 0 aliphatic carbocycles. The fourth-order valence-electron chi connectivity index (χ4n) is 2.39. The Balaban J connectivity index is 1.66. The first-order valence-electron chi connectivity index (χ1n) is 6.75. The van der Waals surface area contributed by atoms with E-state index in [1.807, 2.05) is 18.2 Å². The van der Waals surface area contributed by atoms with Gasteiger partial charge in [-0.05, 0) is 12.0 Å². The van der Waals surface area contributed by atoms with E-state index in [9.17, 15) is 9.90 Å². The molecule has 0 unspecified atom stereocenters. The summed E-state index contributed by atoms with van der Waals surface area (Å²) >= 11 is 1.63. The molecule has 0 aromatic heterocycles. The van der Waals surface area contributed by atoms with E-state index in [4.69, 9.17) is 0 Å². The summed E-state index contributed by atoms with van der Waals surface area (Å²) in [4.78, 5) is 13.7. The van der Waals surface area contributed by atoms with E-state index in [-0.39, 0.29) is 5.91 Å². The number of carbonyl (C=O) groups is 1. The first-order valence-corrected chi connectivity index (χ1v) is 7.90. The molecule has 0 saturated carbocycles. The molecular formula is C15H21NO2S. The largest absolute Gasteiger partial charge is 0.386 e. The molecule has 1 N–H and O–H groups in total. The van der Waals surface area contributed by atoms with E-state index in [0.29, 0.717) is 18.8 Å². The van der Waals surface area contributed by atoms with E-state index in [1.54, 1.807) is 16.7 Å². The van der Waals surface area contributed by atoms with Crippen LogP contribution < -0.4 is 0 Å². The van der Waals surface area contributed by atoms with Crippen molar-refractivity contribution in [1.29, 1.82) is 0 Å². The topological polar surface area (TPSA) is 40.5 Å². The number of likely N-dealkylation sites (tertiary alicyclic amines) is 1. The summed E-state index contributed by atoms with van der Waals surface area (Å²) < 4.78 is 0. The van der Waals surface area contributed by atoms with Gasteiger partial charge in [-0.25, -0.2) is 0 Å². The number of thioether (sulfide) groups is 1. The Hall–Kier alpha value is -1.00. The van der Waals surface area contributed by atoms with Gasteiger partial charge >= 0.3 is 0 Å². The minimum Gasteiger partial charge on any atom is -0.386 e. The van der Waals surface area contributed by atoms with E-state index in [2.05, 4.69) is 19.1 Å². The molecule has 1 aromatic carbocycles. The van der Waals surface area contributed by atoms with Gasteiger partial charge in [-0.3, -0.25) is 4.79 Å². The Morgan fingerprint density at radius 3 is 2.68 bits per heavy atom. The van der Waals surface area contributed by atoms with Gasteiger partial charge in [0.05, 0.1) is 24.4 Å². The average Bonchev–Trinajstić information content (AvgIpc) is 2.37. The molecule has 1 amide bonds. The highest BCUT2D eigenvalue weighted by Gasteiger charge is 2.42. The Morgan fingerprint density at radius 1 is 1.37 bits per heavy atom. The Morgan fingerprint density at radius 2 is 2.05 bits per heavy atom. The predicted octanol–water partition coefficient (Wildman–Crippen LogP) is 2.29. The van der Waals surface area contributed by atoms with Crippen molar-refractivity contribution in [3.05, 3.63) is 35.9 Å². The van der Waals surface area contributed by atoms with E-state index >= 15 is 0 Å². The SMILES string of the molecule is CCCC1(O)CN(C(=O)CSCc2ccccc2)C1. The zero-order chi connectivity index (χ0) is 13.7. The second kappa shape index (κ2) is 6.44. The van der Waals surface area contributed by atoms with Gasteiger partial charge in [0.15, 0.2) is 0 Å². The molecule has 1 heterocycles. The van der Waals surface area contributed by atoms with Crippen molar-refractivity contribution in [2.45, 2.75) is 31.1 Å². The van der Waals surface area contributed by atoms with Gasteiger partial charge in [0.2, 0.25) is 5.91 Å². The van der Waals surface area contributed by atoms with Crippen LogP contribution in [0.1, 0.15) is 25.3 Å². The minimum atomic E-state index is -0.617. The maximum Gasteiger partial charge on any atom is 0.232 e. The third-order valence-corrected chi connectivity index (χ3v) is 4.36. The van der Waals surface area contributed by atoms with E-state index < -0.39 is 5.60 Å². The van der Waals surface area contributed by atoms with Crippen LogP contribution in [0.25, 0.3) is 0 Å². The smallest absolute Gasteiger partial charge is 0.232 e. The molecule has 0 radical (unpaired) electrons. The van der Waals surface area contributed by atoms with E-state index in [1.165, 1.54) is 5.56 Å². The predicted molar refractivity (Wildman–Crippen MR) is 79.0 cm³/mol. The van der Waals surface area contributed by atoms with Crippen LogP contribution >= 0.6 is 11.8 Å². The monoisotopic (exact) mass is 279 g/mol. The van der Waals surface area contributed by atoms with Gasteiger partial charge in [-0.1, -0.05) is 43.7 Å². The molecule has 19 heavy (non-hydrogen) atoms. The first kappa shape index (κ1) is 14.4. The highest BCUT2D eigenvalue weighted by Crippen LogP contribution is 2.26. The third kappa shape index (κ3) is 3.98. The van der Waals surface area contributed by atoms with Crippen molar-refractivity contribution in [3.63, 3.8) is 0 Å². The van der Waals surface area contributed by atoms with Crippen molar-refractivity contribution in [2.75, 3.05) is 18.8 Å². The molecule has 104 valence electrons. The van der Waals surface area contributed by atoms with Gasteiger partial charge in [0.25, 0.3) is 0 Å². The average molecular weight is 279 g/mol. The molecule has 1 aliphatic heterocycles. The molecule has 0 bridgehead atoms. The second-order valence-corrected chi connectivity index (χ2v) is 6.19. The van der Waals surface area contributed by atoms with Gasteiger partial charge in [0.1, 0.15) is 0 Å². The van der Waals surface area contributed by atoms with Crippen molar-refractivity contribution in [3.8, 4) is 0 Å². The maximum absolute atomic E-state index is 11.9. The van der Waals surface area contributed by atoms with Crippen LogP contribution in [0.5, 0.6) is 0 Å². The molecule has 2 rings (SSSR count). The lowest BCUT2D eigenvalue weighted by Gasteiger charge is -2.46. The zero-order valence-electron chi connectivity index (χ0n) is 11.3. The molecule has 1 aromatic rings. The van der Waals surface area contributed by atoms with Gasteiger partial charge < -0.3 is 10.0 Å². The summed E-state index contributed by atoms with van der Waals surface area (Å²) in [7, 11) is 0. The number of amides is 1. The lowest BCUT2D eigenvalue weighted by molar-refractivity contribution is -0.153. The number of hydrogen-bond donors (Lipinski definition) is 1. The van der Waals surface area contributed by atoms with E-state index in [0.717, 1.165) is 18.6 Å². The fourth-order valence-corrected chi connectivity index (χ4v) is 3.27. The Kier molecular flexibility index (Phi) is 4.88. The molecule has 1 saturated heterocycles. The summed E-state index contributed by atoms with van der Waals surface area (Å²) in [6.07, 6.45) is 1.75. The second-order valence-electron chi connectivity index (χ2n) is 5.20. The van der Waals surface area contributed by atoms with Crippen LogP contribution in [0, 0.1) is 0 Å². The van der Waals surface area contributed by atoms with Crippen molar-refractivity contribution >= 4 is 17.7 Å². The van der Waals surface area contributed by atoms with Gasteiger partial charge in [0, 0.05) is 5.75 Å². The maximum atomic E-state index is 11.9. The van der Waals surface area contributed by atoms with Crippen molar-refractivity contribution in [1.82, 2.24) is 4.90 Å². The summed E-state index contributed by atoms with van der Waals surface area (Å²) in [5.74, 6) is 1.50. The Bertz CT molecular complexity index is 415. The van der Waals surface area contributed by atoms with Crippen LogP contribution in [-0.2, 0) is 10.5 Å². The number of β-amino-alcohol motifs (C(OH)–C–C–N with tert-alkyl or cyclic N) is 1. The van der Waals surface area contributed by atoms with Crippen LogP contribution in [0.4, 0.5) is 0 Å². The highest BCUT2D eigenvalue weighted by molar-refractivity contribution is 7.99. The quantitative estimate of drug-likeness (QED) is 0.868. The van der Waals surface area contributed by atoms with Crippen LogP contribution in [-0.4, -0.2) is 40.4 Å². The summed E-state index contributed by atoms with van der Waals surface area (Å²) in [5, 5.41) is 10.0. The highest BCUT2D eigenvalue weighted by atomic mass is 32.2. The van der Waals surface area contributed by atoms with Gasteiger partial charge in [-0.2, -0.15) is 0 Å². The molecule has 1 fully saturated rings. The molecular weight excluding hydrogens is 258 g/mol. The minimum absolute atomic E-state index is 0.140. The normalized spacial score (nSPS) is 17.1. The van der Waals surface area contributed by atoms with Crippen molar-refractivity contribution < 1.29 is 9.90 Å². The summed E-state index contributed by atoms with van der Waals surface area (Å²) in [5.41, 5.74) is 0.625. The number of nitrogens with zero attached hydrogens (tertiary/aromatic N) is 1. The van der Waals surface area contributed by atoms with Crippen LogP contribution in [0.15, 0.2) is 30.3 Å². The lowest BCUT2D eigenvalue weighted by Crippen LogP contribution is -2.63. The Labute approximate surface area is 119 Å². The van der Waals surface area contributed by atoms with Gasteiger partial charge in [-0.15, -0.1) is 11.8 Å². The molecule has 4 heteroatoms. The number of benzene rings is 1. The first-order chi connectivity index (χ1) is 9.13. The number of hydrogen-bond acceptors (Lipinski definition) is 3.